The third kappa shape index (κ3) is 2.14. The zero-order valence-corrected chi connectivity index (χ0v) is 11.8. The van der Waals surface area contributed by atoms with Gasteiger partial charge in [-0.15, -0.1) is 0 Å². The van der Waals surface area contributed by atoms with Crippen molar-refractivity contribution in [2.45, 2.75) is 0 Å². The maximum atomic E-state index is 8.84. The van der Waals surface area contributed by atoms with Crippen LogP contribution in [0.3, 0.4) is 0 Å². The molecule has 1 N–H and O–H groups in total. The van der Waals surface area contributed by atoms with Gasteiger partial charge in [-0.25, -0.2) is 0 Å². The quantitative estimate of drug-likeness (QED) is 0.581. The molecule has 1 aromatic heterocycles. The first-order valence-electron chi connectivity index (χ1n) is 7.10. The lowest BCUT2D eigenvalue weighted by Gasteiger charge is -2.00. The smallest absolute Gasteiger partial charge is 0.504 e. The summed E-state index contributed by atoms with van der Waals surface area (Å²) in [5.74, 6) is 0.595. The highest BCUT2D eigenvalue weighted by Gasteiger charge is 2.09. The van der Waals surface area contributed by atoms with E-state index < -0.39 is 0 Å². The van der Waals surface area contributed by atoms with Gasteiger partial charge >= 0.3 is 7.69 Å². The highest BCUT2D eigenvalue weighted by molar-refractivity contribution is 6.17. The van der Waals surface area contributed by atoms with Crippen molar-refractivity contribution in [2.24, 2.45) is 0 Å². The Labute approximate surface area is 128 Å². The second kappa shape index (κ2) is 5.24. The highest BCUT2D eigenvalue weighted by Crippen LogP contribution is 2.33. The Hall–Kier alpha value is -2.72. The van der Waals surface area contributed by atoms with Crippen LogP contribution in [0.1, 0.15) is 0 Å². The molecule has 0 spiro atoms. The molecule has 0 saturated heterocycles. The molecule has 0 fully saturated rings. The van der Waals surface area contributed by atoms with Crippen LogP contribution in [0.2, 0.25) is 0 Å². The lowest BCUT2D eigenvalue weighted by atomic mass is 10.0. The maximum Gasteiger partial charge on any atom is 0.504 e. The number of hydrogen-bond acceptors (Lipinski definition) is 3. The Balaban J connectivity index is 1.88. The fraction of sp³-hybridized carbons (Fsp3) is 0. The van der Waals surface area contributed by atoms with Crippen molar-refractivity contribution in [3.05, 3.63) is 66.7 Å². The van der Waals surface area contributed by atoms with Crippen LogP contribution in [-0.2, 0) is 0 Å². The van der Waals surface area contributed by atoms with Crippen molar-refractivity contribution >= 4 is 29.6 Å². The van der Waals surface area contributed by atoms with E-state index in [2.05, 4.69) is 30.3 Å². The van der Waals surface area contributed by atoms with E-state index in [9.17, 15) is 0 Å². The van der Waals surface area contributed by atoms with Gasteiger partial charge in [0, 0.05) is 16.8 Å². The minimum Gasteiger partial charge on any atom is -0.539 e. The Morgan fingerprint density at radius 2 is 1.50 bits per heavy atom. The minimum absolute atomic E-state index is 0.343. The molecule has 0 aliphatic carbocycles. The van der Waals surface area contributed by atoms with Crippen molar-refractivity contribution in [1.82, 2.24) is 0 Å². The third-order valence-electron chi connectivity index (χ3n) is 3.78. The molecule has 1 heterocycles. The van der Waals surface area contributed by atoms with E-state index in [-0.39, 0.29) is 7.69 Å². The molecule has 0 aliphatic heterocycles. The normalized spacial score (nSPS) is 11.0. The minimum atomic E-state index is -0.343. The Morgan fingerprint density at radius 3 is 2.27 bits per heavy atom. The van der Waals surface area contributed by atoms with Gasteiger partial charge in [-0.3, -0.25) is 0 Å². The largest absolute Gasteiger partial charge is 0.539 e. The summed E-state index contributed by atoms with van der Waals surface area (Å²) in [6, 6.07) is 22.0. The van der Waals surface area contributed by atoms with Crippen LogP contribution < -0.4 is 4.65 Å². The first-order chi connectivity index (χ1) is 10.8. The number of fused-ring (bicyclic) bond motifs is 3. The zero-order chi connectivity index (χ0) is 14.9. The van der Waals surface area contributed by atoms with Gasteiger partial charge in [0.1, 0.15) is 16.9 Å². The van der Waals surface area contributed by atoms with Crippen molar-refractivity contribution in [3.63, 3.8) is 0 Å². The van der Waals surface area contributed by atoms with Crippen molar-refractivity contribution in [3.8, 4) is 16.9 Å². The molecule has 0 saturated carbocycles. The first kappa shape index (κ1) is 13.0. The van der Waals surface area contributed by atoms with Crippen LogP contribution in [0.5, 0.6) is 5.75 Å². The van der Waals surface area contributed by atoms with Crippen LogP contribution in [-0.4, -0.2) is 12.7 Å². The maximum absolute atomic E-state index is 8.84. The fourth-order valence-corrected chi connectivity index (χ4v) is 2.73. The molecule has 4 rings (SSSR count). The lowest BCUT2D eigenvalue weighted by Crippen LogP contribution is -1.98. The third-order valence-corrected chi connectivity index (χ3v) is 3.78. The molecular formula is C18H13BO3. The SMILES string of the molecule is OBOc1ccc2c(c1)oc1cc(-c3ccccc3)ccc12. The van der Waals surface area contributed by atoms with Crippen LogP contribution in [0.15, 0.2) is 71.1 Å². The van der Waals surface area contributed by atoms with Gasteiger partial charge in [-0.05, 0) is 35.4 Å². The summed E-state index contributed by atoms with van der Waals surface area (Å²) in [6.07, 6.45) is 0. The number of hydrogen-bond donors (Lipinski definition) is 1. The molecule has 4 aromatic rings. The van der Waals surface area contributed by atoms with E-state index in [0.29, 0.717) is 5.75 Å². The standard InChI is InChI=1S/C18H13BO3/c20-19-22-14-7-9-16-15-8-6-13(12-4-2-1-3-5-12)10-17(15)21-18(16)11-14/h1-11,19-20H. The van der Waals surface area contributed by atoms with Crippen LogP contribution in [0.25, 0.3) is 33.1 Å². The summed E-state index contributed by atoms with van der Waals surface area (Å²) in [7, 11) is -0.343. The summed E-state index contributed by atoms with van der Waals surface area (Å²) in [4.78, 5) is 0. The van der Waals surface area contributed by atoms with Gasteiger partial charge in [0.05, 0.1) is 0 Å². The van der Waals surface area contributed by atoms with Gasteiger partial charge in [-0.1, -0.05) is 36.4 Å². The van der Waals surface area contributed by atoms with Gasteiger partial charge in [0.2, 0.25) is 0 Å². The van der Waals surface area contributed by atoms with Gasteiger partial charge in [-0.2, -0.15) is 0 Å². The summed E-state index contributed by atoms with van der Waals surface area (Å²) < 4.78 is 11.0. The molecule has 3 aromatic carbocycles. The Bertz CT molecular complexity index is 945. The molecular weight excluding hydrogens is 275 g/mol. The average Bonchev–Trinajstić information content (AvgIpc) is 2.92. The van der Waals surface area contributed by atoms with E-state index in [1.165, 1.54) is 0 Å². The Morgan fingerprint density at radius 1 is 0.773 bits per heavy atom. The summed E-state index contributed by atoms with van der Waals surface area (Å²) in [5, 5.41) is 11.0. The molecule has 4 heteroatoms. The molecule has 0 aliphatic rings. The first-order valence-corrected chi connectivity index (χ1v) is 7.10. The van der Waals surface area contributed by atoms with Crippen LogP contribution >= 0.6 is 0 Å². The van der Waals surface area contributed by atoms with Crippen molar-refractivity contribution < 1.29 is 14.1 Å². The number of rotatable bonds is 3. The molecule has 106 valence electrons. The zero-order valence-electron chi connectivity index (χ0n) is 11.8. The molecule has 22 heavy (non-hydrogen) atoms. The van der Waals surface area contributed by atoms with Gasteiger partial charge < -0.3 is 14.1 Å². The molecule has 0 radical (unpaired) electrons. The monoisotopic (exact) mass is 288 g/mol. The Kier molecular flexibility index (Phi) is 3.09. The molecule has 3 nitrogen and oxygen atoms in total. The van der Waals surface area contributed by atoms with Gasteiger partial charge in [0.15, 0.2) is 0 Å². The van der Waals surface area contributed by atoms with Crippen molar-refractivity contribution in [1.29, 1.82) is 0 Å². The fourth-order valence-electron chi connectivity index (χ4n) is 2.73. The average molecular weight is 288 g/mol. The molecule has 0 atom stereocenters. The van der Waals surface area contributed by atoms with E-state index in [4.69, 9.17) is 14.1 Å². The summed E-state index contributed by atoms with van der Waals surface area (Å²) in [5.41, 5.74) is 3.89. The predicted molar refractivity (Wildman–Crippen MR) is 89.2 cm³/mol. The molecule has 0 unspecified atom stereocenters. The number of benzene rings is 3. The molecule has 0 amide bonds. The van der Waals surface area contributed by atoms with E-state index in [0.717, 1.165) is 33.1 Å². The molecule has 0 bridgehead atoms. The lowest BCUT2D eigenvalue weighted by molar-refractivity contribution is 0.453. The van der Waals surface area contributed by atoms with E-state index >= 15 is 0 Å². The second-order valence-electron chi connectivity index (χ2n) is 5.11. The van der Waals surface area contributed by atoms with Gasteiger partial charge in [0.25, 0.3) is 0 Å². The summed E-state index contributed by atoms with van der Waals surface area (Å²) >= 11 is 0. The van der Waals surface area contributed by atoms with Crippen LogP contribution in [0.4, 0.5) is 0 Å². The number of furan rings is 1. The van der Waals surface area contributed by atoms with Crippen LogP contribution in [0, 0.1) is 0 Å². The van der Waals surface area contributed by atoms with Crippen molar-refractivity contribution in [2.75, 3.05) is 0 Å². The topological polar surface area (TPSA) is 42.6 Å². The van der Waals surface area contributed by atoms with E-state index in [1.807, 2.05) is 30.3 Å². The predicted octanol–water partition coefficient (Wildman–Crippen LogP) is 3.89. The highest BCUT2D eigenvalue weighted by atomic mass is 16.5. The summed E-state index contributed by atoms with van der Waals surface area (Å²) in [6.45, 7) is 0. The van der Waals surface area contributed by atoms with E-state index in [1.54, 1.807) is 6.07 Å². The second-order valence-corrected chi connectivity index (χ2v) is 5.11.